The maximum absolute atomic E-state index is 12.2. The van der Waals surface area contributed by atoms with Gasteiger partial charge in [-0.3, -0.25) is 4.79 Å². The molecule has 0 saturated carbocycles. The van der Waals surface area contributed by atoms with Crippen LogP contribution in [0.15, 0.2) is 5.16 Å². The van der Waals surface area contributed by atoms with Crippen molar-refractivity contribution in [1.82, 2.24) is 9.80 Å². The Morgan fingerprint density at radius 2 is 2.05 bits per heavy atom. The lowest BCUT2D eigenvalue weighted by Gasteiger charge is -2.25. The minimum Gasteiger partial charge on any atom is -0.477 e. The molecule has 19 heavy (non-hydrogen) atoms. The molecule has 7 heteroatoms. The summed E-state index contributed by atoms with van der Waals surface area (Å²) in [5.41, 5.74) is -0.0950. The van der Waals surface area contributed by atoms with Gasteiger partial charge in [0.2, 0.25) is 6.10 Å². The molecule has 0 aromatic heterocycles. The molecule has 1 aliphatic rings. The molecule has 0 fully saturated rings. The molecule has 1 N–H and O–H groups in total. The molecule has 0 aliphatic carbocycles. The van der Waals surface area contributed by atoms with Crippen molar-refractivity contribution in [3.8, 4) is 0 Å². The van der Waals surface area contributed by atoms with E-state index in [2.05, 4.69) is 5.16 Å². The predicted octanol–water partition coefficient (Wildman–Crippen LogP) is 0.0161. The van der Waals surface area contributed by atoms with E-state index in [-0.39, 0.29) is 18.0 Å². The van der Waals surface area contributed by atoms with Gasteiger partial charge < -0.3 is 19.7 Å². The van der Waals surface area contributed by atoms with Gasteiger partial charge in [-0.05, 0) is 20.5 Å². The molecule has 1 unspecified atom stereocenters. The summed E-state index contributed by atoms with van der Waals surface area (Å²) in [5, 5.41) is 12.2. The first-order valence-electron chi connectivity index (χ1n) is 6.35. The van der Waals surface area contributed by atoms with Crippen molar-refractivity contribution in [3.63, 3.8) is 0 Å². The van der Waals surface area contributed by atoms with Gasteiger partial charge in [0.1, 0.15) is 0 Å². The lowest BCUT2D eigenvalue weighted by molar-refractivity contribution is -0.142. The van der Waals surface area contributed by atoms with Crippen molar-refractivity contribution >= 4 is 17.6 Å². The first-order valence-corrected chi connectivity index (χ1v) is 6.35. The van der Waals surface area contributed by atoms with E-state index in [1.165, 1.54) is 0 Å². The number of rotatable bonds is 7. The van der Waals surface area contributed by atoms with Gasteiger partial charge in [-0.15, -0.1) is 0 Å². The summed E-state index contributed by atoms with van der Waals surface area (Å²) in [4.78, 5) is 31.6. The largest absolute Gasteiger partial charge is 0.477 e. The molecule has 0 aromatic rings. The number of oxime groups is 1. The minimum atomic E-state index is -1.13. The van der Waals surface area contributed by atoms with Crippen molar-refractivity contribution in [3.05, 3.63) is 0 Å². The number of carbonyl (C=O) groups is 2. The third-order valence-corrected chi connectivity index (χ3v) is 2.81. The molecule has 108 valence electrons. The number of nitrogens with zero attached hydrogens (tertiary/aromatic N) is 3. The smallest absolute Gasteiger partial charge is 0.353 e. The SMILES string of the molecule is CCCN(CCN(C)C)C(=O)C1CC(C(=O)O)=NO1. The number of hydrogen-bond acceptors (Lipinski definition) is 5. The van der Waals surface area contributed by atoms with Gasteiger partial charge in [0.05, 0.1) is 0 Å². The van der Waals surface area contributed by atoms with Crippen LogP contribution < -0.4 is 0 Å². The van der Waals surface area contributed by atoms with E-state index in [1.54, 1.807) is 4.90 Å². The van der Waals surface area contributed by atoms with E-state index in [1.807, 2.05) is 25.9 Å². The maximum atomic E-state index is 12.2. The van der Waals surface area contributed by atoms with E-state index >= 15 is 0 Å². The fourth-order valence-electron chi connectivity index (χ4n) is 1.76. The van der Waals surface area contributed by atoms with Crippen LogP contribution in [0.1, 0.15) is 19.8 Å². The minimum absolute atomic E-state index is 0.0380. The first kappa shape index (κ1) is 15.4. The van der Waals surface area contributed by atoms with Crippen molar-refractivity contribution in [2.24, 2.45) is 5.16 Å². The van der Waals surface area contributed by atoms with Crippen LogP contribution in [-0.2, 0) is 14.4 Å². The Kier molecular flexibility index (Phi) is 5.75. The zero-order valence-electron chi connectivity index (χ0n) is 11.6. The second-order valence-corrected chi connectivity index (χ2v) is 4.77. The van der Waals surface area contributed by atoms with Gasteiger partial charge in [0.25, 0.3) is 5.91 Å². The highest BCUT2D eigenvalue weighted by Crippen LogP contribution is 2.14. The van der Waals surface area contributed by atoms with Crippen molar-refractivity contribution < 1.29 is 19.5 Å². The highest BCUT2D eigenvalue weighted by molar-refractivity contribution is 6.36. The Bertz CT molecular complexity index is 368. The molecule has 1 atom stereocenters. The van der Waals surface area contributed by atoms with Crippen LogP contribution in [0.4, 0.5) is 0 Å². The van der Waals surface area contributed by atoms with Crippen molar-refractivity contribution in [1.29, 1.82) is 0 Å². The summed E-state index contributed by atoms with van der Waals surface area (Å²) < 4.78 is 0. The third kappa shape index (κ3) is 4.51. The number of amides is 1. The molecular weight excluding hydrogens is 250 g/mol. The Morgan fingerprint density at radius 1 is 1.37 bits per heavy atom. The molecule has 0 radical (unpaired) electrons. The summed E-state index contributed by atoms with van der Waals surface area (Å²) in [6.45, 7) is 3.98. The number of likely N-dealkylation sites (N-methyl/N-ethyl adjacent to an activating group) is 1. The van der Waals surface area contributed by atoms with Gasteiger partial charge in [-0.25, -0.2) is 4.79 Å². The van der Waals surface area contributed by atoms with Gasteiger partial charge in [-0.2, -0.15) is 0 Å². The van der Waals surface area contributed by atoms with Crippen LogP contribution >= 0.6 is 0 Å². The van der Waals surface area contributed by atoms with Gasteiger partial charge in [0.15, 0.2) is 5.71 Å². The molecule has 0 aromatic carbocycles. The summed E-state index contributed by atoms with van der Waals surface area (Å²) in [7, 11) is 3.87. The van der Waals surface area contributed by atoms with Crippen LogP contribution in [0.2, 0.25) is 0 Å². The third-order valence-electron chi connectivity index (χ3n) is 2.81. The standard InChI is InChI=1S/C12H21N3O4/c1-4-5-15(7-6-14(2)3)11(16)10-8-9(12(17)18)13-19-10/h10H,4-8H2,1-3H3,(H,17,18). The maximum Gasteiger partial charge on any atom is 0.353 e. The molecule has 7 nitrogen and oxygen atoms in total. The number of carboxylic acid groups (broad SMARTS) is 1. The zero-order valence-corrected chi connectivity index (χ0v) is 11.6. The van der Waals surface area contributed by atoms with Gasteiger partial charge >= 0.3 is 5.97 Å². The first-order chi connectivity index (χ1) is 8.95. The van der Waals surface area contributed by atoms with Gasteiger partial charge in [0, 0.05) is 26.1 Å². The van der Waals surface area contributed by atoms with Crippen LogP contribution in [0.3, 0.4) is 0 Å². The Morgan fingerprint density at radius 3 is 2.53 bits per heavy atom. The summed E-state index contributed by atoms with van der Waals surface area (Å²) in [5.74, 6) is -1.32. The molecule has 1 aliphatic heterocycles. The number of carboxylic acids is 1. The number of aliphatic carboxylic acids is 1. The average Bonchev–Trinajstić information content (AvgIpc) is 2.83. The number of carbonyl (C=O) groups excluding carboxylic acids is 1. The van der Waals surface area contributed by atoms with Gasteiger partial charge in [-0.1, -0.05) is 12.1 Å². The monoisotopic (exact) mass is 271 g/mol. The summed E-state index contributed by atoms with van der Waals surface area (Å²) >= 11 is 0. The number of hydrogen-bond donors (Lipinski definition) is 1. The molecule has 1 heterocycles. The molecule has 1 amide bonds. The van der Waals surface area contributed by atoms with Crippen LogP contribution in [-0.4, -0.2) is 72.3 Å². The Balaban J connectivity index is 2.55. The highest BCUT2D eigenvalue weighted by atomic mass is 16.6. The van der Waals surface area contributed by atoms with E-state index in [9.17, 15) is 9.59 Å². The van der Waals surface area contributed by atoms with Crippen LogP contribution in [0.25, 0.3) is 0 Å². The normalized spacial score (nSPS) is 18.1. The van der Waals surface area contributed by atoms with Crippen LogP contribution in [0.5, 0.6) is 0 Å². The quantitative estimate of drug-likeness (QED) is 0.705. The second-order valence-electron chi connectivity index (χ2n) is 4.77. The van der Waals surface area contributed by atoms with Crippen LogP contribution in [0, 0.1) is 0 Å². The molecule has 1 rings (SSSR count). The predicted molar refractivity (Wildman–Crippen MR) is 70.0 cm³/mol. The van der Waals surface area contributed by atoms with E-state index in [0.717, 1.165) is 13.0 Å². The Labute approximate surface area is 112 Å². The lowest BCUT2D eigenvalue weighted by Crippen LogP contribution is -2.43. The van der Waals surface area contributed by atoms with E-state index in [0.29, 0.717) is 13.1 Å². The highest BCUT2D eigenvalue weighted by Gasteiger charge is 2.34. The van der Waals surface area contributed by atoms with E-state index < -0.39 is 12.1 Å². The summed E-state index contributed by atoms with van der Waals surface area (Å²) in [6.07, 6.45) is 0.0920. The molecule has 0 spiro atoms. The second kappa shape index (κ2) is 7.08. The van der Waals surface area contributed by atoms with Crippen molar-refractivity contribution in [2.75, 3.05) is 33.7 Å². The lowest BCUT2D eigenvalue weighted by atomic mass is 10.1. The molecule has 0 bridgehead atoms. The summed E-state index contributed by atoms with van der Waals surface area (Å²) in [6, 6.07) is 0. The Hall–Kier alpha value is -1.63. The fourth-order valence-corrected chi connectivity index (χ4v) is 1.76. The zero-order chi connectivity index (χ0) is 14.4. The fraction of sp³-hybridized carbons (Fsp3) is 0.750. The topological polar surface area (TPSA) is 82.4 Å². The van der Waals surface area contributed by atoms with Crippen molar-refractivity contribution in [2.45, 2.75) is 25.9 Å². The molecular formula is C12H21N3O4. The van der Waals surface area contributed by atoms with E-state index in [4.69, 9.17) is 9.94 Å². The molecule has 0 saturated heterocycles. The average molecular weight is 271 g/mol.